The lowest BCUT2D eigenvalue weighted by atomic mass is 9.93. The minimum atomic E-state index is -5.19. The molecular formula is C39H32ClF10N7O5S2. The van der Waals surface area contributed by atoms with Crippen molar-refractivity contribution >= 4 is 54.1 Å². The highest BCUT2D eigenvalue weighted by Gasteiger charge is 2.68. The third-order valence-electron chi connectivity index (χ3n) is 10.6. The molecule has 0 saturated heterocycles. The van der Waals surface area contributed by atoms with Gasteiger partial charge in [0.1, 0.15) is 40.9 Å². The lowest BCUT2D eigenvalue weighted by Gasteiger charge is -2.23. The lowest BCUT2D eigenvalue weighted by Crippen LogP contribution is -2.35. The zero-order valence-electron chi connectivity index (χ0n) is 33.4. The Labute approximate surface area is 362 Å². The average Bonchev–Trinajstić information content (AvgIpc) is 3.66. The standard InChI is InChI=1S/C39H32ClF10N7O5S2/c1-36(2,63(3,59)60)10-9-21-5-6-22(23-7-8-26(40)30-32(23)57(17-37(43,44)45)54-35(30)55-64(4,61)62)31(51-21)27(13-18-11-19(41)14-20(42)12-18)52-28(58)16-56-34-29(33(53-56)39(48,49)50)24-15-25(24)38(34,46)47/h5-8,11-12,14,24-25,27H,13,15-17H2,1-4H3,(H,52,58)(H,54,55)/t24-,25?,27-/m0/s1. The van der Waals surface area contributed by atoms with Crippen LogP contribution in [0.15, 0.2) is 42.5 Å². The number of sulfonamides is 1. The first kappa shape index (κ1) is 46.6. The molecular weight excluding hydrogens is 936 g/mol. The second-order valence-electron chi connectivity index (χ2n) is 15.9. The van der Waals surface area contributed by atoms with Crippen LogP contribution in [0.1, 0.15) is 66.1 Å². The van der Waals surface area contributed by atoms with Crippen molar-refractivity contribution in [3.05, 3.63) is 93.0 Å². The molecule has 342 valence electrons. The Balaban J connectivity index is 1.45. The molecule has 64 heavy (non-hydrogen) atoms. The van der Waals surface area contributed by atoms with Crippen LogP contribution in [0.3, 0.4) is 0 Å². The summed E-state index contributed by atoms with van der Waals surface area (Å²) in [5.74, 6) is -5.43. The van der Waals surface area contributed by atoms with Crippen molar-refractivity contribution in [2.24, 2.45) is 5.92 Å². The van der Waals surface area contributed by atoms with Crippen molar-refractivity contribution in [1.29, 1.82) is 0 Å². The first-order valence-corrected chi connectivity index (χ1v) is 22.8. The largest absolute Gasteiger partial charge is 0.435 e. The van der Waals surface area contributed by atoms with Crippen molar-refractivity contribution < 1.29 is 65.5 Å². The highest BCUT2D eigenvalue weighted by molar-refractivity contribution is 7.92. The Kier molecular flexibility index (Phi) is 11.4. The van der Waals surface area contributed by atoms with E-state index in [-0.39, 0.29) is 49.6 Å². The summed E-state index contributed by atoms with van der Waals surface area (Å²) in [4.78, 5) is 18.5. The van der Waals surface area contributed by atoms with E-state index in [0.29, 0.717) is 17.0 Å². The number of nitrogens with zero attached hydrogens (tertiary/aromatic N) is 5. The molecule has 0 spiro atoms. The number of amides is 1. The van der Waals surface area contributed by atoms with Gasteiger partial charge in [0.05, 0.1) is 33.9 Å². The average molecular weight is 968 g/mol. The second kappa shape index (κ2) is 15.6. The fourth-order valence-electron chi connectivity index (χ4n) is 7.52. The molecule has 12 nitrogen and oxygen atoms in total. The molecule has 3 heterocycles. The highest BCUT2D eigenvalue weighted by Crippen LogP contribution is 2.68. The number of halogens is 11. The molecule has 1 amide bonds. The Morgan fingerprint density at radius 2 is 1.59 bits per heavy atom. The van der Waals surface area contributed by atoms with Crippen molar-refractivity contribution in [2.45, 2.75) is 74.8 Å². The van der Waals surface area contributed by atoms with Gasteiger partial charge in [0, 0.05) is 34.9 Å². The number of sulfone groups is 1. The zero-order valence-corrected chi connectivity index (χ0v) is 35.7. The van der Waals surface area contributed by atoms with Gasteiger partial charge in [-0.1, -0.05) is 23.6 Å². The Hall–Kier alpha value is -5.41. The molecule has 3 atom stereocenters. The molecule has 1 unspecified atom stereocenters. The predicted molar refractivity (Wildman–Crippen MR) is 211 cm³/mol. The number of pyridine rings is 1. The van der Waals surface area contributed by atoms with Gasteiger partial charge in [0.25, 0.3) is 5.92 Å². The molecule has 2 aliphatic carbocycles. The third-order valence-corrected chi connectivity index (χ3v) is 13.4. The number of carbonyl (C=O) groups is 1. The monoisotopic (exact) mass is 967 g/mol. The molecule has 2 N–H and O–H groups in total. The van der Waals surface area contributed by atoms with Crippen LogP contribution in [0.5, 0.6) is 0 Å². The van der Waals surface area contributed by atoms with Crippen LogP contribution in [0.4, 0.5) is 49.7 Å². The highest BCUT2D eigenvalue weighted by atomic mass is 35.5. The fraction of sp³-hybridized carbons (Fsp3) is 0.385. The van der Waals surface area contributed by atoms with E-state index in [9.17, 15) is 56.8 Å². The second-order valence-corrected chi connectivity index (χ2v) is 20.6. The molecule has 1 fully saturated rings. The van der Waals surface area contributed by atoms with Gasteiger partial charge in [-0.05, 0) is 74.4 Å². The molecule has 2 aliphatic rings. The van der Waals surface area contributed by atoms with Crippen LogP contribution in [0.25, 0.3) is 22.0 Å². The molecule has 1 saturated carbocycles. The number of aromatic nitrogens is 5. The molecule has 2 aromatic carbocycles. The van der Waals surface area contributed by atoms with Crippen molar-refractivity contribution in [2.75, 3.05) is 17.2 Å². The topological polar surface area (TPSA) is 158 Å². The summed E-state index contributed by atoms with van der Waals surface area (Å²) in [5.41, 5.74) is -5.17. The fourth-order valence-corrected chi connectivity index (χ4v) is 8.50. The number of anilines is 1. The van der Waals surface area contributed by atoms with Gasteiger partial charge in [-0.15, -0.1) is 0 Å². The Morgan fingerprint density at radius 1 is 0.953 bits per heavy atom. The van der Waals surface area contributed by atoms with Gasteiger partial charge >= 0.3 is 12.4 Å². The number of benzene rings is 2. The quantitative estimate of drug-likeness (QED) is 0.101. The summed E-state index contributed by atoms with van der Waals surface area (Å²) in [6.07, 6.45) is -9.46. The van der Waals surface area contributed by atoms with E-state index < -0.39 is 126 Å². The van der Waals surface area contributed by atoms with Crippen molar-refractivity contribution in [1.82, 2.24) is 29.9 Å². The molecule has 5 aromatic rings. The summed E-state index contributed by atoms with van der Waals surface area (Å²) < 4.78 is 195. The summed E-state index contributed by atoms with van der Waals surface area (Å²) in [5, 5.41) is 9.01. The molecule has 0 radical (unpaired) electrons. The van der Waals surface area contributed by atoms with Crippen LogP contribution in [-0.2, 0) is 56.3 Å². The summed E-state index contributed by atoms with van der Waals surface area (Å²) in [6.45, 7) is -0.547. The van der Waals surface area contributed by atoms with Gasteiger partial charge < -0.3 is 5.32 Å². The summed E-state index contributed by atoms with van der Waals surface area (Å²) in [6, 6.07) is 5.24. The maximum absolute atomic E-state index is 15.5. The van der Waals surface area contributed by atoms with E-state index >= 15 is 8.78 Å². The van der Waals surface area contributed by atoms with Crippen LogP contribution in [0.2, 0.25) is 5.02 Å². The third kappa shape index (κ3) is 9.24. The van der Waals surface area contributed by atoms with Crippen LogP contribution >= 0.6 is 11.6 Å². The summed E-state index contributed by atoms with van der Waals surface area (Å²) in [7, 11) is -8.06. The van der Waals surface area contributed by atoms with Crippen LogP contribution in [0, 0.1) is 29.4 Å². The van der Waals surface area contributed by atoms with E-state index in [4.69, 9.17) is 11.6 Å². The maximum Gasteiger partial charge on any atom is 0.435 e. The molecule has 25 heteroatoms. The predicted octanol–water partition coefficient (Wildman–Crippen LogP) is 7.66. The Morgan fingerprint density at radius 3 is 2.19 bits per heavy atom. The first-order chi connectivity index (χ1) is 29.3. The van der Waals surface area contributed by atoms with E-state index in [1.165, 1.54) is 32.0 Å². The van der Waals surface area contributed by atoms with Gasteiger partial charge in [-0.25, -0.2) is 30.6 Å². The SMILES string of the molecule is CC(C)(C#Cc1ccc(-c2ccc(Cl)c3c(NS(C)(=O)=O)nn(CC(F)(F)F)c23)c([C@H](Cc2cc(F)cc(F)c2)NC(=O)Cn2nc(C(F)(F)F)c3c2C(F)(F)C2C[C@H]32)n1)S(C)(=O)=O. The van der Waals surface area contributed by atoms with Crippen molar-refractivity contribution in [3.8, 4) is 23.0 Å². The van der Waals surface area contributed by atoms with E-state index in [1.807, 2.05) is 4.72 Å². The zero-order chi connectivity index (χ0) is 47.3. The van der Waals surface area contributed by atoms with Gasteiger partial charge in [-0.2, -0.15) is 45.3 Å². The number of hydrogen-bond donors (Lipinski definition) is 2. The number of hydrogen-bond acceptors (Lipinski definition) is 8. The molecule has 0 bridgehead atoms. The maximum atomic E-state index is 15.5. The normalized spacial score (nSPS) is 17.7. The molecule has 3 aromatic heterocycles. The van der Waals surface area contributed by atoms with Gasteiger partial charge in [0.15, 0.2) is 21.3 Å². The number of carbonyl (C=O) groups excluding carboxylic acids is 1. The molecule has 0 aliphatic heterocycles. The number of rotatable bonds is 11. The minimum absolute atomic E-state index is 0.195. The van der Waals surface area contributed by atoms with E-state index in [0.717, 1.165) is 24.5 Å². The number of alkyl halides is 8. The van der Waals surface area contributed by atoms with Crippen LogP contribution < -0.4 is 10.0 Å². The van der Waals surface area contributed by atoms with E-state index in [1.54, 1.807) is 0 Å². The van der Waals surface area contributed by atoms with Crippen LogP contribution in [-0.4, -0.2) is 70.7 Å². The Bertz CT molecular complexity index is 3030. The van der Waals surface area contributed by atoms with Gasteiger partial charge in [-0.3, -0.25) is 18.9 Å². The van der Waals surface area contributed by atoms with Gasteiger partial charge in [0.2, 0.25) is 15.9 Å². The number of fused-ring (bicyclic) bond motifs is 4. The minimum Gasteiger partial charge on any atom is -0.346 e. The lowest BCUT2D eigenvalue weighted by molar-refractivity contribution is -0.142. The smallest absolute Gasteiger partial charge is 0.346 e. The van der Waals surface area contributed by atoms with E-state index in [2.05, 4.69) is 32.3 Å². The first-order valence-electron chi connectivity index (χ1n) is 18.6. The number of nitrogens with one attached hydrogen (secondary N) is 2. The van der Waals surface area contributed by atoms with Crippen molar-refractivity contribution in [3.63, 3.8) is 0 Å². The summed E-state index contributed by atoms with van der Waals surface area (Å²) >= 11 is 6.46. The molecule has 7 rings (SSSR count).